The van der Waals surface area contributed by atoms with Gasteiger partial charge in [-0.05, 0) is 25.1 Å². The summed E-state index contributed by atoms with van der Waals surface area (Å²) in [6.07, 6.45) is 0.720. The molecule has 15 heavy (non-hydrogen) atoms. The van der Waals surface area contributed by atoms with Crippen molar-refractivity contribution in [1.82, 2.24) is 0 Å². The molecule has 3 nitrogen and oxygen atoms in total. The molecule has 0 bridgehead atoms. The molecule has 0 atom stereocenters. The zero-order valence-electron chi connectivity index (χ0n) is 8.43. The standard InChI is InChI=1S/C10H13BrFNO2/c1-14-10-8(12)5-7(11)6-9(10)15-4-2-3-13/h5-6H,2-4,13H2,1H3. The summed E-state index contributed by atoms with van der Waals surface area (Å²) in [6, 6.07) is 2.99. The fourth-order valence-corrected chi connectivity index (χ4v) is 1.52. The zero-order chi connectivity index (χ0) is 11.3. The Bertz CT molecular complexity index is 333. The Morgan fingerprint density at radius 1 is 1.47 bits per heavy atom. The summed E-state index contributed by atoms with van der Waals surface area (Å²) in [5, 5.41) is 0. The summed E-state index contributed by atoms with van der Waals surface area (Å²) in [6.45, 7) is 0.988. The number of nitrogens with two attached hydrogens (primary N) is 1. The van der Waals surface area contributed by atoms with E-state index in [4.69, 9.17) is 15.2 Å². The van der Waals surface area contributed by atoms with E-state index in [1.54, 1.807) is 6.07 Å². The molecule has 0 aliphatic heterocycles. The average Bonchev–Trinajstić information content (AvgIpc) is 2.17. The summed E-state index contributed by atoms with van der Waals surface area (Å²) < 4.78 is 24.2. The molecule has 0 radical (unpaired) electrons. The number of benzene rings is 1. The van der Waals surface area contributed by atoms with Crippen molar-refractivity contribution >= 4 is 15.9 Å². The minimum absolute atomic E-state index is 0.121. The van der Waals surface area contributed by atoms with Gasteiger partial charge in [-0.3, -0.25) is 0 Å². The summed E-state index contributed by atoms with van der Waals surface area (Å²) in [5.41, 5.74) is 5.33. The number of halogens is 2. The van der Waals surface area contributed by atoms with E-state index >= 15 is 0 Å². The second-order valence-electron chi connectivity index (χ2n) is 2.91. The molecular formula is C10H13BrFNO2. The predicted molar refractivity (Wildman–Crippen MR) is 59.8 cm³/mol. The van der Waals surface area contributed by atoms with Gasteiger partial charge in [0.05, 0.1) is 13.7 Å². The molecule has 0 unspecified atom stereocenters. The van der Waals surface area contributed by atoms with Crippen molar-refractivity contribution in [3.8, 4) is 11.5 Å². The number of ether oxygens (including phenoxy) is 2. The third kappa shape index (κ3) is 3.35. The molecule has 0 saturated heterocycles. The maximum atomic E-state index is 13.4. The SMILES string of the molecule is COc1c(F)cc(Br)cc1OCCCN. The molecule has 1 aromatic carbocycles. The normalized spacial score (nSPS) is 10.1. The fourth-order valence-electron chi connectivity index (χ4n) is 1.11. The van der Waals surface area contributed by atoms with E-state index in [9.17, 15) is 4.39 Å². The maximum absolute atomic E-state index is 13.4. The van der Waals surface area contributed by atoms with Crippen molar-refractivity contribution in [3.63, 3.8) is 0 Å². The van der Waals surface area contributed by atoms with Crippen molar-refractivity contribution < 1.29 is 13.9 Å². The van der Waals surface area contributed by atoms with Gasteiger partial charge in [0.2, 0.25) is 0 Å². The summed E-state index contributed by atoms with van der Waals surface area (Å²) in [5.74, 6) is 0.0580. The molecule has 0 aliphatic carbocycles. The van der Waals surface area contributed by atoms with Crippen molar-refractivity contribution in [2.24, 2.45) is 5.73 Å². The average molecular weight is 278 g/mol. The smallest absolute Gasteiger partial charge is 0.196 e. The van der Waals surface area contributed by atoms with E-state index < -0.39 is 5.82 Å². The monoisotopic (exact) mass is 277 g/mol. The van der Waals surface area contributed by atoms with Gasteiger partial charge in [0.1, 0.15) is 0 Å². The molecule has 1 aromatic rings. The Morgan fingerprint density at radius 3 is 2.80 bits per heavy atom. The molecule has 0 spiro atoms. The van der Waals surface area contributed by atoms with Crippen molar-refractivity contribution in [1.29, 1.82) is 0 Å². The Labute approximate surface area is 96.5 Å². The van der Waals surface area contributed by atoms with E-state index in [0.29, 0.717) is 23.4 Å². The second-order valence-corrected chi connectivity index (χ2v) is 3.83. The van der Waals surface area contributed by atoms with Gasteiger partial charge in [-0.25, -0.2) is 4.39 Å². The van der Waals surface area contributed by atoms with Gasteiger partial charge in [0, 0.05) is 4.47 Å². The van der Waals surface area contributed by atoms with Crippen LogP contribution in [0.15, 0.2) is 16.6 Å². The minimum Gasteiger partial charge on any atom is -0.490 e. The first-order valence-electron chi connectivity index (χ1n) is 4.55. The van der Waals surface area contributed by atoms with Crippen LogP contribution in [0.1, 0.15) is 6.42 Å². The van der Waals surface area contributed by atoms with E-state index in [1.807, 2.05) is 0 Å². The molecule has 0 aliphatic rings. The first-order valence-corrected chi connectivity index (χ1v) is 5.34. The molecule has 0 fully saturated rings. The molecule has 1 rings (SSSR count). The lowest BCUT2D eigenvalue weighted by atomic mass is 10.3. The first kappa shape index (κ1) is 12.3. The molecule has 0 saturated carbocycles. The predicted octanol–water partition coefficient (Wildman–Crippen LogP) is 2.32. The third-order valence-corrected chi connectivity index (χ3v) is 2.24. The van der Waals surface area contributed by atoms with Crippen LogP contribution in [-0.2, 0) is 0 Å². The van der Waals surface area contributed by atoms with Gasteiger partial charge in [0.15, 0.2) is 17.3 Å². The highest BCUT2D eigenvalue weighted by molar-refractivity contribution is 9.10. The quantitative estimate of drug-likeness (QED) is 0.841. The van der Waals surface area contributed by atoms with Crippen molar-refractivity contribution in [3.05, 3.63) is 22.4 Å². The molecule has 0 amide bonds. The number of methoxy groups -OCH3 is 1. The largest absolute Gasteiger partial charge is 0.490 e. The molecule has 2 N–H and O–H groups in total. The van der Waals surface area contributed by atoms with Crippen LogP contribution in [0, 0.1) is 5.82 Å². The van der Waals surface area contributed by atoms with Crippen LogP contribution in [0.25, 0.3) is 0 Å². The highest BCUT2D eigenvalue weighted by Crippen LogP contribution is 2.33. The molecule has 5 heteroatoms. The van der Waals surface area contributed by atoms with Crippen LogP contribution in [0.3, 0.4) is 0 Å². The molecule has 0 aromatic heterocycles. The highest BCUT2D eigenvalue weighted by atomic mass is 79.9. The summed E-state index contributed by atoms with van der Waals surface area (Å²) >= 11 is 3.19. The number of hydrogen-bond donors (Lipinski definition) is 1. The van der Waals surface area contributed by atoms with E-state index in [-0.39, 0.29) is 5.75 Å². The first-order chi connectivity index (χ1) is 7.19. The maximum Gasteiger partial charge on any atom is 0.196 e. The van der Waals surface area contributed by atoms with Gasteiger partial charge in [-0.15, -0.1) is 0 Å². The molecule has 0 heterocycles. The van der Waals surface area contributed by atoms with Crippen LogP contribution in [-0.4, -0.2) is 20.3 Å². The van der Waals surface area contributed by atoms with Crippen LogP contribution < -0.4 is 15.2 Å². The van der Waals surface area contributed by atoms with Gasteiger partial charge in [-0.1, -0.05) is 15.9 Å². The topological polar surface area (TPSA) is 44.5 Å². The number of hydrogen-bond acceptors (Lipinski definition) is 3. The number of rotatable bonds is 5. The Hall–Kier alpha value is -0.810. The van der Waals surface area contributed by atoms with Crippen molar-refractivity contribution in [2.75, 3.05) is 20.3 Å². The fraction of sp³-hybridized carbons (Fsp3) is 0.400. The van der Waals surface area contributed by atoms with Gasteiger partial charge in [0.25, 0.3) is 0 Å². The van der Waals surface area contributed by atoms with Crippen LogP contribution in [0.5, 0.6) is 11.5 Å². The Morgan fingerprint density at radius 2 is 2.20 bits per heavy atom. The summed E-state index contributed by atoms with van der Waals surface area (Å²) in [7, 11) is 1.40. The van der Waals surface area contributed by atoms with Gasteiger partial charge in [-0.2, -0.15) is 0 Å². The lowest BCUT2D eigenvalue weighted by molar-refractivity contribution is 0.284. The molecular weight excluding hydrogens is 265 g/mol. The second kappa shape index (κ2) is 5.92. The highest BCUT2D eigenvalue weighted by Gasteiger charge is 2.11. The van der Waals surface area contributed by atoms with E-state index in [0.717, 1.165) is 6.42 Å². The lowest BCUT2D eigenvalue weighted by Crippen LogP contribution is -2.07. The van der Waals surface area contributed by atoms with Crippen LogP contribution in [0.2, 0.25) is 0 Å². The van der Waals surface area contributed by atoms with Crippen molar-refractivity contribution in [2.45, 2.75) is 6.42 Å². The van der Waals surface area contributed by atoms with Crippen LogP contribution in [0.4, 0.5) is 4.39 Å². The van der Waals surface area contributed by atoms with Gasteiger partial charge < -0.3 is 15.2 Å². The minimum atomic E-state index is -0.449. The van der Waals surface area contributed by atoms with E-state index in [2.05, 4.69) is 15.9 Å². The zero-order valence-corrected chi connectivity index (χ0v) is 10.0. The summed E-state index contributed by atoms with van der Waals surface area (Å²) in [4.78, 5) is 0. The lowest BCUT2D eigenvalue weighted by Gasteiger charge is -2.11. The Balaban J connectivity index is 2.84. The van der Waals surface area contributed by atoms with Gasteiger partial charge >= 0.3 is 0 Å². The molecule has 84 valence electrons. The van der Waals surface area contributed by atoms with E-state index in [1.165, 1.54) is 13.2 Å². The third-order valence-electron chi connectivity index (χ3n) is 1.78. The Kier molecular flexibility index (Phi) is 4.84. The van der Waals surface area contributed by atoms with Crippen LogP contribution >= 0.6 is 15.9 Å².